The Kier molecular flexibility index (Phi) is 6.98. The van der Waals surface area contributed by atoms with E-state index in [9.17, 15) is 13.6 Å². The van der Waals surface area contributed by atoms with Gasteiger partial charge in [-0.05, 0) is 36.5 Å². The summed E-state index contributed by atoms with van der Waals surface area (Å²) in [4.78, 5) is 15.3. The highest BCUT2D eigenvalue weighted by molar-refractivity contribution is 5.99. The van der Waals surface area contributed by atoms with Crippen molar-refractivity contribution >= 4 is 5.91 Å². The van der Waals surface area contributed by atoms with Gasteiger partial charge in [-0.3, -0.25) is 4.79 Å². The first-order valence-corrected chi connectivity index (χ1v) is 11.6. The minimum Gasteiger partial charge on any atom is -0.378 e. The van der Waals surface area contributed by atoms with E-state index in [4.69, 9.17) is 4.74 Å². The summed E-state index contributed by atoms with van der Waals surface area (Å²) in [6.07, 6.45) is 7.54. The number of benzene rings is 1. The van der Waals surface area contributed by atoms with Crippen LogP contribution >= 0.6 is 0 Å². The van der Waals surface area contributed by atoms with Gasteiger partial charge in [0.25, 0.3) is 5.91 Å². The maximum absolute atomic E-state index is 14.0. The van der Waals surface area contributed by atoms with Crippen LogP contribution in [0.5, 0.6) is 0 Å². The van der Waals surface area contributed by atoms with Crippen LogP contribution in [0.3, 0.4) is 0 Å². The number of fused-ring (bicyclic) bond motifs is 2. The Morgan fingerprint density at radius 2 is 2.18 bits per heavy atom. The number of rotatable bonds is 6. The van der Waals surface area contributed by atoms with Crippen LogP contribution in [0.1, 0.15) is 45.1 Å². The number of hydrogen-bond donors (Lipinski definition) is 2. The summed E-state index contributed by atoms with van der Waals surface area (Å²) in [5, 5.41) is 6.46. The number of carbonyl (C=O) groups excluding carboxylic acids is 1. The summed E-state index contributed by atoms with van der Waals surface area (Å²) in [6, 6.07) is 3.57. The molecule has 2 atom stereocenters. The van der Waals surface area contributed by atoms with Crippen molar-refractivity contribution < 1.29 is 18.3 Å². The highest BCUT2D eigenvalue weighted by Gasteiger charge is 2.38. The molecule has 3 aliphatic heterocycles. The molecule has 33 heavy (non-hydrogen) atoms. The fraction of sp³-hybridized carbons (Fsp3) is 0.423. The van der Waals surface area contributed by atoms with E-state index in [0.29, 0.717) is 24.3 Å². The maximum Gasteiger partial charge on any atom is 0.253 e. The number of nitrogens with zero attached hydrogens (tertiary/aromatic N) is 1. The van der Waals surface area contributed by atoms with Crippen LogP contribution in [-0.4, -0.2) is 36.1 Å². The van der Waals surface area contributed by atoms with Crippen LogP contribution in [0.2, 0.25) is 0 Å². The normalized spacial score (nSPS) is 23.6. The van der Waals surface area contributed by atoms with Gasteiger partial charge in [-0.25, -0.2) is 8.78 Å². The van der Waals surface area contributed by atoms with E-state index in [-0.39, 0.29) is 30.2 Å². The van der Waals surface area contributed by atoms with E-state index in [1.807, 2.05) is 6.20 Å². The van der Waals surface area contributed by atoms with Crippen LogP contribution in [0, 0.1) is 11.6 Å². The predicted octanol–water partition coefficient (Wildman–Crippen LogP) is 4.45. The highest BCUT2D eigenvalue weighted by atomic mass is 19.1. The first-order chi connectivity index (χ1) is 15.9. The molecular weight excluding hydrogens is 424 g/mol. The third kappa shape index (κ3) is 4.74. The van der Waals surface area contributed by atoms with Crippen LogP contribution in [0.4, 0.5) is 8.78 Å². The standard InChI is InChI=1S/C26H31F2N3O2/c1-4-6-19-16(3)20(26(32)29-13-17-8-9-18(27)12-21(17)28)14-31-15-24-22(10-11-33-24)30-23(7-5-2)25(19)31/h7-9,12,14,22,24,30H,3-6,10-11,13,15H2,1-2H3,(H,29,32)/b23-7-. The molecule has 3 heterocycles. The maximum atomic E-state index is 14.0. The van der Waals surface area contributed by atoms with Crippen molar-refractivity contribution in [1.82, 2.24) is 15.5 Å². The first kappa shape index (κ1) is 23.2. The summed E-state index contributed by atoms with van der Waals surface area (Å²) >= 11 is 0. The molecule has 4 rings (SSSR count). The molecule has 176 valence electrons. The van der Waals surface area contributed by atoms with Gasteiger partial charge in [0.1, 0.15) is 11.6 Å². The van der Waals surface area contributed by atoms with Gasteiger partial charge in [0.15, 0.2) is 0 Å². The van der Waals surface area contributed by atoms with E-state index in [0.717, 1.165) is 48.7 Å². The number of allylic oxidation sites excluding steroid dienone is 2. The van der Waals surface area contributed by atoms with Crippen molar-refractivity contribution in [3.8, 4) is 0 Å². The molecule has 2 saturated heterocycles. The number of halogens is 2. The molecule has 0 aliphatic carbocycles. The Morgan fingerprint density at radius 1 is 1.36 bits per heavy atom. The molecule has 1 aromatic carbocycles. The van der Waals surface area contributed by atoms with Crippen molar-refractivity contribution in [1.29, 1.82) is 0 Å². The van der Waals surface area contributed by atoms with Gasteiger partial charge < -0.3 is 20.3 Å². The SMILES string of the molecule is C=C1C(C(=O)NCc2ccc(F)cc2F)=CN2CC3OCCC3N/C(=C\CC)C2=C1CCC. The van der Waals surface area contributed by atoms with Crippen molar-refractivity contribution in [3.63, 3.8) is 0 Å². The lowest BCUT2D eigenvalue weighted by Crippen LogP contribution is -2.37. The Morgan fingerprint density at radius 3 is 2.91 bits per heavy atom. The lowest BCUT2D eigenvalue weighted by molar-refractivity contribution is -0.117. The molecule has 1 aromatic rings. The lowest BCUT2D eigenvalue weighted by Gasteiger charge is -2.33. The average molecular weight is 456 g/mol. The van der Waals surface area contributed by atoms with Gasteiger partial charge in [0.05, 0.1) is 35.7 Å². The molecule has 2 fully saturated rings. The van der Waals surface area contributed by atoms with Crippen molar-refractivity contribution in [2.45, 2.75) is 58.2 Å². The smallest absolute Gasteiger partial charge is 0.253 e. The number of carbonyl (C=O) groups is 1. The molecule has 0 radical (unpaired) electrons. The summed E-state index contributed by atoms with van der Waals surface area (Å²) < 4.78 is 33.2. The first-order valence-electron chi connectivity index (χ1n) is 11.6. The average Bonchev–Trinajstić information content (AvgIpc) is 3.15. The molecular formula is C26H31F2N3O2. The molecule has 0 saturated carbocycles. The molecule has 0 spiro atoms. The van der Waals surface area contributed by atoms with E-state index in [2.05, 4.69) is 42.0 Å². The van der Waals surface area contributed by atoms with E-state index < -0.39 is 11.6 Å². The van der Waals surface area contributed by atoms with Gasteiger partial charge in [-0.15, -0.1) is 0 Å². The minimum absolute atomic E-state index is 0.0193. The second-order valence-corrected chi connectivity index (χ2v) is 8.64. The molecule has 1 amide bonds. The van der Waals surface area contributed by atoms with E-state index in [1.165, 1.54) is 12.1 Å². The predicted molar refractivity (Wildman–Crippen MR) is 124 cm³/mol. The zero-order chi connectivity index (χ0) is 23.5. The lowest BCUT2D eigenvalue weighted by atomic mass is 9.89. The molecule has 3 aliphatic rings. The molecule has 2 unspecified atom stereocenters. The van der Waals surface area contributed by atoms with Crippen molar-refractivity contribution in [2.75, 3.05) is 13.2 Å². The zero-order valence-corrected chi connectivity index (χ0v) is 19.2. The Hall–Kier alpha value is -2.93. The van der Waals surface area contributed by atoms with Crippen LogP contribution in [-0.2, 0) is 16.1 Å². The summed E-state index contributed by atoms with van der Waals surface area (Å²) in [5.41, 5.74) is 4.51. The zero-order valence-electron chi connectivity index (χ0n) is 19.2. The third-order valence-corrected chi connectivity index (χ3v) is 6.34. The fourth-order valence-electron chi connectivity index (χ4n) is 4.70. The monoisotopic (exact) mass is 455 g/mol. The molecule has 0 bridgehead atoms. The van der Waals surface area contributed by atoms with Gasteiger partial charge in [0.2, 0.25) is 0 Å². The quantitative estimate of drug-likeness (QED) is 0.666. The molecule has 7 heteroatoms. The van der Waals surface area contributed by atoms with Crippen molar-refractivity contribution in [3.05, 3.63) is 82.4 Å². The van der Waals surface area contributed by atoms with Gasteiger partial charge >= 0.3 is 0 Å². The minimum atomic E-state index is -0.682. The van der Waals surface area contributed by atoms with Crippen molar-refractivity contribution in [2.24, 2.45) is 0 Å². The van der Waals surface area contributed by atoms with Crippen LogP contribution in [0.25, 0.3) is 0 Å². The fourth-order valence-corrected chi connectivity index (χ4v) is 4.70. The Balaban J connectivity index is 1.64. The van der Waals surface area contributed by atoms with E-state index in [1.54, 1.807) is 0 Å². The second kappa shape index (κ2) is 9.91. The van der Waals surface area contributed by atoms with Gasteiger partial charge in [-0.1, -0.05) is 39.0 Å². The second-order valence-electron chi connectivity index (χ2n) is 8.64. The molecule has 2 N–H and O–H groups in total. The van der Waals surface area contributed by atoms with Gasteiger partial charge in [-0.2, -0.15) is 0 Å². The van der Waals surface area contributed by atoms with Gasteiger partial charge in [0, 0.05) is 31.0 Å². The third-order valence-electron chi connectivity index (χ3n) is 6.34. The summed E-state index contributed by atoms with van der Waals surface area (Å²) in [5.74, 6) is -1.66. The summed E-state index contributed by atoms with van der Waals surface area (Å²) in [7, 11) is 0. The topological polar surface area (TPSA) is 53.6 Å². The number of hydrogen-bond acceptors (Lipinski definition) is 4. The van der Waals surface area contributed by atoms with Crippen LogP contribution < -0.4 is 10.6 Å². The highest BCUT2D eigenvalue weighted by Crippen LogP contribution is 2.38. The Labute approximate surface area is 193 Å². The van der Waals surface area contributed by atoms with Crippen LogP contribution in [0.15, 0.2) is 65.2 Å². The molecule has 0 aromatic heterocycles. The number of ether oxygens (including phenoxy) is 1. The van der Waals surface area contributed by atoms with E-state index >= 15 is 0 Å². The number of amides is 1. The Bertz CT molecular complexity index is 1040. The molecule has 5 nitrogen and oxygen atoms in total. The summed E-state index contributed by atoms with van der Waals surface area (Å²) in [6.45, 7) is 9.79. The largest absolute Gasteiger partial charge is 0.378 e. The number of nitrogens with one attached hydrogen (secondary N) is 2.